The number of carbonyl (C=O) groups excluding carboxylic acids is 1. The van der Waals surface area contributed by atoms with Crippen molar-refractivity contribution < 1.29 is 4.79 Å². The van der Waals surface area contributed by atoms with Crippen LogP contribution in [0.15, 0.2) is 21.4 Å². The van der Waals surface area contributed by atoms with E-state index in [0.717, 1.165) is 30.4 Å². The number of fused-ring (bicyclic) bond motifs is 1. The molecule has 1 fully saturated rings. The van der Waals surface area contributed by atoms with Crippen LogP contribution in [0.1, 0.15) is 12.8 Å². The quantitative estimate of drug-likeness (QED) is 0.669. The average molecular weight is 339 g/mol. The molecule has 6 nitrogen and oxygen atoms in total. The lowest BCUT2D eigenvalue weighted by atomic mass is 9.97. The summed E-state index contributed by atoms with van der Waals surface area (Å²) in [5.41, 5.74) is 1.81. The maximum absolute atomic E-state index is 12.2. The highest BCUT2D eigenvalue weighted by atomic mass is 79.9. The SMILES string of the molecule is O=C(Nc1cc2[nH]c(=O)[nH]c2cc1Br)C1CCNCC1. The number of H-pyrrole nitrogens is 2. The van der Waals surface area contributed by atoms with E-state index in [9.17, 15) is 9.59 Å². The summed E-state index contributed by atoms with van der Waals surface area (Å²) in [6.07, 6.45) is 1.71. The number of carbonyl (C=O) groups is 1. The number of halogens is 1. The molecule has 7 heteroatoms. The molecule has 0 aliphatic carbocycles. The summed E-state index contributed by atoms with van der Waals surface area (Å²) < 4.78 is 0.752. The Morgan fingerprint density at radius 1 is 1.20 bits per heavy atom. The third-order valence-corrected chi connectivity index (χ3v) is 4.23. The molecule has 0 saturated carbocycles. The molecule has 1 aromatic carbocycles. The molecule has 20 heavy (non-hydrogen) atoms. The fraction of sp³-hybridized carbons (Fsp3) is 0.385. The number of hydrogen-bond donors (Lipinski definition) is 4. The van der Waals surface area contributed by atoms with E-state index in [1.807, 2.05) is 0 Å². The summed E-state index contributed by atoms with van der Waals surface area (Å²) in [5.74, 6) is 0.0774. The molecule has 3 rings (SSSR count). The minimum absolute atomic E-state index is 0.0319. The van der Waals surface area contributed by atoms with Crippen molar-refractivity contribution in [3.8, 4) is 0 Å². The van der Waals surface area contributed by atoms with Crippen LogP contribution in [0.2, 0.25) is 0 Å². The number of aromatic amines is 2. The average Bonchev–Trinajstić information content (AvgIpc) is 2.79. The summed E-state index contributed by atoms with van der Waals surface area (Å²) in [7, 11) is 0. The van der Waals surface area contributed by atoms with E-state index in [1.54, 1.807) is 12.1 Å². The van der Waals surface area contributed by atoms with Crippen LogP contribution in [0.25, 0.3) is 11.0 Å². The van der Waals surface area contributed by atoms with Crippen molar-refractivity contribution in [2.24, 2.45) is 5.92 Å². The highest BCUT2D eigenvalue weighted by molar-refractivity contribution is 9.10. The van der Waals surface area contributed by atoms with Crippen LogP contribution >= 0.6 is 15.9 Å². The third kappa shape index (κ3) is 2.64. The second kappa shape index (κ2) is 5.41. The molecular weight excluding hydrogens is 324 g/mol. The predicted octanol–water partition coefficient (Wildman–Crippen LogP) is 1.56. The Hall–Kier alpha value is -1.60. The van der Waals surface area contributed by atoms with E-state index < -0.39 is 0 Å². The molecule has 106 valence electrons. The van der Waals surface area contributed by atoms with Gasteiger partial charge in [-0.1, -0.05) is 0 Å². The van der Waals surface area contributed by atoms with Crippen molar-refractivity contribution >= 4 is 38.6 Å². The van der Waals surface area contributed by atoms with Gasteiger partial charge in [-0.25, -0.2) is 4.79 Å². The smallest absolute Gasteiger partial charge is 0.323 e. The monoisotopic (exact) mass is 338 g/mol. The standard InChI is InChI=1S/C13H15BrN4O2/c14-8-5-10-11(18-13(20)17-10)6-9(8)16-12(19)7-1-3-15-4-2-7/h5-7,15H,1-4H2,(H,16,19)(H2,17,18,20). The topological polar surface area (TPSA) is 89.8 Å². The molecule has 1 aliphatic rings. The number of amides is 1. The van der Waals surface area contributed by atoms with E-state index >= 15 is 0 Å². The first kappa shape index (κ1) is 13.4. The van der Waals surface area contributed by atoms with Gasteiger partial charge in [0.25, 0.3) is 0 Å². The lowest BCUT2D eigenvalue weighted by Gasteiger charge is -2.22. The minimum atomic E-state index is -0.256. The Labute approximate surface area is 123 Å². The second-order valence-electron chi connectivity index (χ2n) is 4.97. The molecule has 4 N–H and O–H groups in total. The van der Waals surface area contributed by atoms with Gasteiger partial charge < -0.3 is 20.6 Å². The van der Waals surface area contributed by atoms with Gasteiger partial charge in [0, 0.05) is 10.4 Å². The minimum Gasteiger partial charge on any atom is -0.325 e. The van der Waals surface area contributed by atoms with Crippen LogP contribution in [-0.4, -0.2) is 29.0 Å². The Kier molecular flexibility index (Phi) is 3.62. The lowest BCUT2D eigenvalue weighted by Crippen LogP contribution is -2.34. The Morgan fingerprint density at radius 2 is 1.85 bits per heavy atom. The van der Waals surface area contributed by atoms with E-state index in [-0.39, 0.29) is 17.5 Å². The third-order valence-electron chi connectivity index (χ3n) is 3.57. The molecule has 0 spiro atoms. The summed E-state index contributed by atoms with van der Waals surface area (Å²) >= 11 is 3.42. The predicted molar refractivity (Wildman–Crippen MR) is 80.8 cm³/mol. The zero-order valence-corrected chi connectivity index (χ0v) is 12.3. The van der Waals surface area contributed by atoms with Crippen molar-refractivity contribution in [3.05, 3.63) is 27.1 Å². The maximum Gasteiger partial charge on any atom is 0.323 e. The van der Waals surface area contributed by atoms with Gasteiger partial charge in [-0.05, 0) is 54.0 Å². The molecular formula is C13H15BrN4O2. The maximum atomic E-state index is 12.2. The van der Waals surface area contributed by atoms with E-state index in [2.05, 4.69) is 36.5 Å². The molecule has 1 aromatic heterocycles. The zero-order chi connectivity index (χ0) is 14.1. The van der Waals surface area contributed by atoms with Gasteiger partial charge in [-0.15, -0.1) is 0 Å². The van der Waals surface area contributed by atoms with Gasteiger partial charge in [0.15, 0.2) is 0 Å². The van der Waals surface area contributed by atoms with Crippen molar-refractivity contribution in [2.45, 2.75) is 12.8 Å². The molecule has 2 heterocycles. The number of piperidine rings is 1. The van der Waals surface area contributed by atoms with Crippen LogP contribution in [0.3, 0.4) is 0 Å². The number of aromatic nitrogens is 2. The van der Waals surface area contributed by atoms with Crippen molar-refractivity contribution in [1.82, 2.24) is 15.3 Å². The van der Waals surface area contributed by atoms with Gasteiger partial charge in [-0.3, -0.25) is 4.79 Å². The molecule has 0 unspecified atom stereocenters. The Bertz CT molecular complexity index is 700. The van der Waals surface area contributed by atoms with Crippen LogP contribution in [0.5, 0.6) is 0 Å². The number of benzene rings is 1. The highest BCUT2D eigenvalue weighted by Crippen LogP contribution is 2.27. The van der Waals surface area contributed by atoms with Crippen LogP contribution < -0.4 is 16.3 Å². The highest BCUT2D eigenvalue weighted by Gasteiger charge is 2.21. The first-order valence-electron chi connectivity index (χ1n) is 6.56. The van der Waals surface area contributed by atoms with E-state index in [4.69, 9.17) is 0 Å². The first-order valence-corrected chi connectivity index (χ1v) is 7.36. The van der Waals surface area contributed by atoms with Gasteiger partial charge >= 0.3 is 5.69 Å². The Morgan fingerprint density at radius 3 is 2.55 bits per heavy atom. The van der Waals surface area contributed by atoms with Crippen molar-refractivity contribution in [3.63, 3.8) is 0 Å². The van der Waals surface area contributed by atoms with E-state index in [0.29, 0.717) is 16.7 Å². The molecule has 0 atom stereocenters. The number of rotatable bonds is 2. The fourth-order valence-electron chi connectivity index (χ4n) is 2.47. The molecule has 1 saturated heterocycles. The van der Waals surface area contributed by atoms with Crippen molar-refractivity contribution in [1.29, 1.82) is 0 Å². The molecule has 0 bridgehead atoms. The van der Waals surface area contributed by atoms with Gasteiger partial charge in [-0.2, -0.15) is 0 Å². The Balaban J connectivity index is 1.84. The van der Waals surface area contributed by atoms with Gasteiger partial charge in [0.2, 0.25) is 5.91 Å². The van der Waals surface area contributed by atoms with Gasteiger partial charge in [0.1, 0.15) is 0 Å². The van der Waals surface area contributed by atoms with Crippen molar-refractivity contribution in [2.75, 3.05) is 18.4 Å². The molecule has 1 amide bonds. The number of imidazole rings is 1. The number of anilines is 1. The zero-order valence-electron chi connectivity index (χ0n) is 10.8. The second-order valence-corrected chi connectivity index (χ2v) is 5.82. The largest absolute Gasteiger partial charge is 0.325 e. The van der Waals surface area contributed by atoms with Crippen LogP contribution in [0.4, 0.5) is 5.69 Å². The van der Waals surface area contributed by atoms with Crippen LogP contribution in [-0.2, 0) is 4.79 Å². The molecule has 1 aliphatic heterocycles. The van der Waals surface area contributed by atoms with Gasteiger partial charge in [0.05, 0.1) is 16.7 Å². The fourth-order valence-corrected chi connectivity index (χ4v) is 2.91. The number of nitrogens with one attached hydrogen (secondary N) is 4. The molecule has 2 aromatic rings. The summed E-state index contributed by atoms with van der Waals surface area (Å²) in [5, 5.41) is 6.17. The number of hydrogen-bond acceptors (Lipinski definition) is 3. The lowest BCUT2D eigenvalue weighted by molar-refractivity contribution is -0.120. The molecule has 0 radical (unpaired) electrons. The summed E-state index contributed by atoms with van der Waals surface area (Å²) in [6.45, 7) is 1.76. The van der Waals surface area contributed by atoms with Crippen LogP contribution in [0, 0.1) is 5.92 Å². The summed E-state index contributed by atoms with van der Waals surface area (Å²) in [4.78, 5) is 28.8. The summed E-state index contributed by atoms with van der Waals surface area (Å²) in [6, 6.07) is 3.54. The normalized spacial score (nSPS) is 16.4. The van der Waals surface area contributed by atoms with E-state index in [1.165, 1.54) is 0 Å². The first-order chi connectivity index (χ1) is 9.63.